The molecule has 0 saturated heterocycles. The highest BCUT2D eigenvalue weighted by atomic mass is 16.5. The molecule has 6 heteroatoms. The standard InChI is InChI=1S/C8H12O6/c1-14-7(11)4-5(8(12)13)2-3-6(9)10/h5H,2-4H2,1H3,(H,9,10)(H,12,13). The fourth-order valence-electron chi connectivity index (χ4n) is 0.895. The summed E-state index contributed by atoms with van der Waals surface area (Å²) in [5.74, 6) is -3.90. The first-order chi connectivity index (χ1) is 6.47. The maximum atomic E-state index is 10.7. The van der Waals surface area contributed by atoms with Gasteiger partial charge in [0.05, 0.1) is 19.4 Å². The lowest BCUT2D eigenvalue weighted by Gasteiger charge is -2.08. The summed E-state index contributed by atoms with van der Waals surface area (Å²) in [6.07, 6.45) is -0.632. The normalized spacial score (nSPS) is 11.8. The van der Waals surface area contributed by atoms with E-state index in [0.717, 1.165) is 7.11 Å². The molecule has 0 aromatic heterocycles. The van der Waals surface area contributed by atoms with Gasteiger partial charge in [-0.2, -0.15) is 0 Å². The van der Waals surface area contributed by atoms with E-state index in [0.29, 0.717) is 0 Å². The number of carbonyl (C=O) groups is 3. The number of esters is 1. The number of hydrogen-bond acceptors (Lipinski definition) is 4. The van der Waals surface area contributed by atoms with E-state index in [2.05, 4.69) is 4.74 Å². The summed E-state index contributed by atoms with van der Waals surface area (Å²) in [4.78, 5) is 31.5. The quantitative estimate of drug-likeness (QED) is 0.595. The van der Waals surface area contributed by atoms with Gasteiger partial charge >= 0.3 is 17.9 Å². The smallest absolute Gasteiger partial charge is 0.307 e. The molecule has 0 saturated carbocycles. The van der Waals surface area contributed by atoms with Gasteiger partial charge in [-0.05, 0) is 6.42 Å². The van der Waals surface area contributed by atoms with E-state index in [1.54, 1.807) is 0 Å². The summed E-state index contributed by atoms with van der Waals surface area (Å²) in [7, 11) is 1.15. The summed E-state index contributed by atoms with van der Waals surface area (Å²) in [5.41, 5.74) is 0. The molecule has 0 bridgehead atoms. The van der Waals surface area contributed by atoms with E-state index in [1.165, 1.54) is 0 Å². The lowest BCUT2D eigenvalue weighted by Crippen LogP contribution is -2.19. The van der Waals surface area contributed by atoms with Crippen LogP contribution in [0.1, 0.15) is 19.3 Å². The second-order valence-corrected chi connectivity index (χ2v) is 2.75. The molecular formula is C8H12O6. The van der Waals surface area contributed by atoms with Crippen LogP contribution in [0.25, 0.3) is 0 Å². The SMILES string of the molecule is COC(=O)CC(CCC(=O)O)C(=O)O. The highest BCUT2D eigenvalue weighted by Crippen LogP contribution is 2.12. The molecule has 14 heavy (non-hydrogen) atoms. The summed E-state index contributed by atoms with van der Waals surface area (Å²) in [5, 5.41) is 17.0. The van der Waals surface area contributed by atoms with Crippen LogP contribution in [0, 0.1) is 5.92 Å². The van der Waals surface area contributed by atoms with Crippen LogP contribution in [0.4, 0.5) is 0 Å². The maximum absolute atomic E-state index is 10.7. The van der Waals surface area contributed by atoms with Gasteiger partial charge in [0.15, 0.2) is 0 Å². The van der Waals surface area contributed by atoms with Crippen LogP contribution in [0.5, 0.6) is 0 Å². The van der Waals surface area contributed by atoms with Crippen LogP contribution in [-0.2, 0) is 19.1 Å². The number of hydrogen-bond donors (Lipinski definition) is 2. The first-order valence-corrected chi connectivity index (χ1v) is 3.98. The highest BCUT2D eigenvalue weighted by molar-refractivity contribution is 5.79. The molecule has 0 rings (SSSR count). The molecule has 0 radical (unpaired) electrons. The number of ether oxygens (including phenoxy) is 1. The van der Waals surface area contributed by atoms with Gasteiger partial charge in [-0.1, -0.05) is 0 Å². The van der Waals surface area contributed by atoms with Crippen molar-refractivity contribution in [2.45, 2.75) is 19.3 Å². The van der Waals surface area contributed by atoms with Crippen LogP contribution in [0.15, 0.2) is 0 Å². The van der Waals surface area contributed by atoms with E-state index in [1.807, 2.05) is 0 Å². The van der Waals surface area contributed by atoms with Crippen LogP contribution in [0.2, 0.25) is 0 Å². The van der Waals surface area contributed by atoms with E-state index in [4.69, 9.17) is 10.2 Å². The molecular weight excluding hydrogens is 192 g/mol. The van der Waals surface area contributed by atoms with E-state index >= 15 is 0 Å². The van der Waals surface area contributed by atoms with E-state index < -0.39 is 23.8 Å². The van der Waals surface area contributed by atoms with Gasteiger partial charge < -0.3 is 14.9 Å². The molecule has 1 atom stereocenters. The Morgan fingerprint density at radius 3 is 2.21 bits per heavy atom. The highest BCUT2D eigenvalue weighted by Gasteiger charge is 2.22. The zero-order chi connectivity index (χ0) is 11.1. The predicted molar refractivity (Wildman–Crippen MR) is 44.6 cm³/mol. The minimum atomic E-state index is -1.18. The average molecular weight is 204 g/mol. The fraction of sp³-hybridized carbons (Fsp3) is 0.625. The van der Waals surface area contributed by atoms with Crippen molar-refractivity contribution in [3.05, 3.63) is 0 Å². The molecule has 0 amide bonds. The zero-order valence-corrected chi connectivity index (χ0v) is 7.73. The molecule has 0 aliphatic heterocycles. The second-order valence-electron chi connectivity index (χ2n) is 2.75. The first kappa shape index (κ1) is 12.4. The van der Waals surface area contributed by atoms with Crippen molar-refractivity contribution >= 4 is 17.9 Å². The number of methoxy groups -OCH3 is 1. The van der Waals surface area contributed by atoms with Crippen molar-refractivity contribution in [2.24, 2.45) is 5.92 Å². The third kappa shape index (κ3) is 5.13. The van der Waals surface area contributed by atoms with Crippen molar-refractivity contribution in [3.8, 4) is 0 Å². The Morgan fingerprint density at radius 2 is 1.86 bits per heavy atom. The van der Waals surface area contributed by atoms with Crippen LogP contribution < -0.4 is 0 Å². The van der Waals surface area contributed by atoms with Crippen molar-refractivity contribution in [1.82, 2.24) is 0 Å². The minimum Gasteiger partial charge on any atom is -0.481 e. The average Bonchev–Trinajstić information content (AvgIpc) is 2.10. The number of carbonyl (C=O) groups excluding carboxylic acids is 1. The summed E-state index contributed by atoms with van der Waals surface area (Å²) < 4.78 is 4.29. The van der Waals surface area contributed by atoms with Crippen molar-refractivity contribution in [2.75, 3.05) is 7.11 Å². The Bertz CT molecular complexity index is 234. The largest absolute Gasteiger partial charge is 0.481 e. The number of carboxylic acids is 2. The molecule has 0 aliphatic rings. The van der Waals surface area contributed by atoms with Gasteiger partial charge in [-0.3, -0.25) is 14.4 Å². The molecule has 2 N–H and O–H groups in total. The molecule has 1 unspecified atom stereocenters. The first-order valence-electron chi connectivity index (χ1n) is 3.98. The molecule has 0 aromatic rings. The van der Waals surface area contributed by atoms with Crippen LogP contribution in [0.3, 0.4) is 0 Å². The zero-order valence-electron chi connectivity index (χ0n) is 7.73. The Kier molecular flexibility index (Phi) is 5.28. The third-order valence-electron chi connectivity index (χ3n) is 1.70. The minimum absolute atomic E-state index is 0.0697. The lowest BCUT2D eigenvalue weighted by atomic mass is 10.00. The Balaban J connectivity index is 4.09. The van der Waals surface area contributed by atoms with Crippen molar-refractivity contribution in [3.63, 3.8) is 0 Å². The Labute approximate surface area is 80.5 Å². The lowest BCUT2D eigenvalue weighted by molar-refractivity contribution is -0.150. The van der Waals surface area contributed by atoms with Crippen LogP contribution in [-0.4, -0.2) is 35.2 Å². The van der Waals surface area contributed by atoms with Gasteiger partial charge in [0.25, 0.3) is 0 Å². The molecule has 0 spiro atoms. The molecule has 0 fully saturated rings. The third-order valence-corrected chi connectivity index (χ3v) is 1.70. The number of rotatable bonds is 6. The van der Waals surface area contributed by atoms with Crippen LogP contribution >= 0.6 is 0 Å². The van der Waals surface area contributed by atoms with Gasteiger partial charge in [0.2, 0.25) is 0 Å². The maximum Gasteiger partial charge on any atom is 0.307 e. The van der Waals surface area contributed by atoms with Crippen molar-refractivity contribution < 1.29 is 29.3 Å². The van der Waals surface area contributed by atoms with E-state index in [9.17, 15) is 14.4 Å². The van der Waals surface area contributed by atoms with E-state index in [-0.39, 0.29) is 19.3 Å². The summed E-state index contributed by atoms with van der Waals surface area (Å²) >= 11 is 0. The Hall–Kier alpha value is -1.59. The molecule has 80 valence electrons. The second kappa shape index (κ2) is 5.95. The Morgan fingerprint density at radius 1 is 1.29 bits per heavy atom. The molecule has 0 aliphatic carbocycles. The summed E-state index contributed by atoms with van der Waals surface area (Å²) in [6, 6.07) is 0. The topological polar surface area (TPSA) is 101 Å². The monoisotopic (exact) mass is 204 g/mol. The number of aliphatic carboxylic acids is 2. The van der Waals surface area contributed by atoms with Gasteiger partial charge in [0.1, 0.15) is 0 Å². The summed E-state index contributed by atoms with van der Waals surface area (Å²) in [6.45, 7) is 0. The van der Waals surface area contributed by atoms with Gasteiger partial charge in [0, 0.05) is 6.42 Å². The predicted octanol–water partition coefficient (Wildman–Crippen LogP) is 0.115. The number of carboxylic acid groups (broad SMARTS) is 2. The van der Waals surface area contributed by atoms with Crippen molar-refractivity contribution in [1.29, 1.82) is 0 Å². The fourth-order valence-corrected chi connectivity index (χ4v) is 0.895. The molecule has 0 aromatic carbocycles. The molecule has 6 nitrogen and oxygen atoms in total. The van der Waals surface area contributed by atoms with Gasteiger partial charge in [-0.25, -0.2) is 0 Å². The molecule has 0 heterocycles. The van der Waals surface area contributed by atoms with Gasteiger partial charge in [-0.15, -0.1) is 0 Å².